The number of imide groups is 1. The summed E-state index contributed by atoms with van der Waals surface area (Å²) >= 11 is 6.00. The van der Waals surface area contributed by atoms with E-state index < -0.39 is 5.92 Å². The number of fused-ring (bicyclic) bond motifs is 1. The largest absolute Gasteiger partial charge is 0.297 e. The second kappa shape index (κ2) is 6.34. The van der Waals surface area contributed by atoms with Crippen LogP contribution in [0, 0.1) is 0 Å². The summed E-state index contributed by atoms with van der Waals surface area (Å²) in [6.45, 7) is 2.48. The third-order valence-electron chi connectivity index (χ3n) is 3.72. The number of amides is 2. The van der Waals surface area contributed by atoms with Crippen molar-refractivity contribution in [3.05, 3.63) is 64.7 Å². The third-order valence-corrected chi connectivity index (χ3v) is 3.95. The standard InChI is InChI=1S/C18H15ClN2O2/c1-2-20-11-16-14-8-3-4-9-15(14)17(22)21(18(16)23)13-7-5-6-12(19)10-13/h3-11,16H,2H2,1H3. The molecule has 0 saturated carbocycles. The zero-order valence-electron chi connectivity index (χ0n) is 12.6. The number of carbonyl (C=O) groups excluding carboxylic acids is 2. The van der Waals surface area contributed by atoms with E-state index in [0.717, 1.165) is 0 Å². The third kappa shape index (κ3) is 2.78. The molecule has 2 aromatic carbocycles. The molecule has 1 aliphatic rings. The molecule has 0 aliphatic carbocycles. The maximum absolute atomic E-state index is 12.9. The highest BCUT2D eigenvalue weighted by Crippen LogP contribution is 2.32. The van der Waals surface area contributed by atoms with E-state index in [0.29, 0.717) is 28.4 Å². The molecule has 4 nitrogen and oxygen atoms in total. The molecule has 3 rings (SSSR count). The van der Waals surface area contributed by atoms with Crippen molar-refractivity contribution < 1.29 is 9.59 Å². The van der Waals surface area contributed by atoms with E-state index in [1.807, 2.05) is 13.0 Å². The van der Waals surface area contributed by atoms with Gasteiger partial charge in [-0.05, 0) is 36.8 Å². The van der Waals surface area contributed by atoms with Gasteiger partial charge in [0.2, 0.25) is 5.91 Å². The van der Waals surface area contributed by atoms with Crippen LogP contribution in [0.1, 0.15) is 28.8 Å². The maximum atomic E-state index is 12.9. The highest BCUT2D eigenvalue weighted by Gasteiger charge is 2.38. The van der Waals surface area contributed by atoms with Gasteiger partial charge in [0.05, 0.1) is 11.6 Å². The monoisotopic (exact) mass is 326 g/mol. The highest BCUT2D eigenvalue weighted by molar-refractivity contribution is 6.32. The lowest BCUT2D eigenvalue weighted by molar-refractivity contribution is -0.118. The van der Waals surface area contributed by atoms with Gasteiger partial charge in [-0.15, -0.1) is 0 Å². The van der Waals surface area contributed by atoms with Gasteiger partial charge in [0.1, 0.15) is 0 Å². The average molecular weight is 327 g/mol. The molecule has 0 aromatic heterocycles. The smallest absolute Gasteiger partial charge is 0.265 e. The van der Waals surface area contributed by atoms with Crippen LogP contribution in [0.3, 0.4) is 0 Å². The Hall–Kier alpha value is -2.46. The van der Waals surface area contributed by atoms with Crippen molar-refractivity contribution in [3.63, 3.8) is 0 Å². The van der Waals surface area contributed by atoms with Crippen LogP contribution in [0.25, 0.3) is 0 Å². The molecule has 1 aliphatic heterocycles. The first-order valence-electron chi connectivity index (χ1n) is 7.36. The lowest BCUT2D eigenvalue weighted by Crippen LogP contribution is -2.45. The van der Waals surface area contributed by atoms with Crippen molar-refractivity contribution in [1.29, 1.82) is 0 Å². The fourth-order valence-electron chi connectivity index (χ4n) is 2.67. The van der Waals surface area contributed by atoms with Gasteiger partial charge in [-0.2, -0.15) is 0 Å². The van der Waals surface area contributed by atoms with E-state index in [1.165, 1.54) is 4.90 Å². The van der Waals surface area contributed by atoms with Crippen LogP contribution in [-0.2, 0) is 4.79 Å². The quantitative estimate of drug-likeness (QED) is 0.638. The first kappa shape index (κ1) is 15.4. The predicted octanol–water partition coefficient (Wildman–Crippen LogP) is 3.70. The van der Waals surface area contributed by atoms with Gasteiger partial charge < -0.3 is 0 Å². The summed E-state index contributed by atoms with van der Waals surface area (Å²) in [4.78, 5) is 31.0. The SMILES string of the molecule is CCN=CC1C(=O)N(c2cccc(Cl)c2)C(=O)c2ccccc21. The Kier molecular flexibility index (Phi) is 4.26. The lowest BCUT2D eigenvalue weighted by atomic mass is 9.89. The van der Waals surface area contributed by atoms with E-state index in [1.54, 1.807) is 48.7 Å². The average Bonchev–Trinajstić information content (AvgIpc) is 2.55. The number of benzene rings is 2. The molecule has 1 heterocycles. The van der Waals surface area contributed by atoms with Gasteiger partial charge >= 0.3 is 0 Å². The van der Waals surface area contributed by atoms with Crippen LogP contribution in [0.2, 0.25) is 5.02 Å². The van der Waals surface area contributed by atoms with Crippen LogP contribution in [0.4, 0.5) is 5.69 Å². The van der Waals surface area contributed by atoms with Crippen LogP contribution in [-0.4, -0.2) is 24.6 Å². The minimum atomic E-state index is -0.567. The highest BCUT2D eigenvalue weighted by atomic mass is 35.5. The molecule has 0 bridgehead atoms. The molecule has 1 atom stereocenters. The first-order chi connectivity index (χ1) is 11.1. The molecular formula is C18H15ClN2O2. The van der Waals surface area contributed by atoms with E-state index in [-0.39, 0.29) is 11.8 Å². The molecule has 0 radical (unpaired) electrons. The molecule has 23 heavy (non-hydrogen) atoms. The van der Waals surface area contributed by atoms with Crippen LogP contribution in [0.5, 0.6) is 0 Å². The number of aliphatic imine (C=N–C) groups is 1. The number of hydrogen-bond donors (Lipinski definition) is 0. The number of halogens is 1. The zero-order chi connectivity index (χ0) is 16.4. The molecule has 1 unspecified atom stereocenters. The van der Waals surface area contributed by atoms with Crippen molar-refractivity contribution in [2.24, 2.45) is 4.99 Å². The van der Waals surface area contributed by atoms with E-state index in [2.05, 4.69) is 4.99 Å². The number of anilines is 1. The summed E-state index contributed by atoms with van der Waals surface area (Å²) in [5.41, 5.74) is 1.68. The second-order valence-corrected chi connectivity index (χ2v) is 5.61. The number of nitrogens with zero attached hydrogens (tertiary/aromatic N) is 2. The summed E-state index contributed by atoms with van der Waals surface area (Å²) in [6.07, 6.45) is 1.62. The Bertz CT molecular complexity index is 801. The summed E-state index contributed by atoms with van der Waals surface area (Å²) in [5.74, 6) is -1.22. The fraction of sp³-hybridized carbons (Fsp3) is 0.167. The lowest BCUT2D eigenvalue weighted by Gasteiger charge is -2.31. The van der Waals surface area contributed by atoms with Crippen molar-refractivity contribution in [3.8, 4) is 0 Å². The van der Waals surface area contributed by atoms with Gasteiger partial charge in [-0.1, -0.05) is 35.9 Å². The maximum Gasteiger partial charge on any atom is 0.265 e. The number of rotatable bonds is 3. The van der Waals surface area contributed by atoms with Crippen molar-refractivity contribution in [2.45, 2.75) is 12.8 Å². The van der Waals surface area contributed by atoms with Gasteiger partial charge in [-0.25, -0.2) is 4.90 Å². The van der Waals surface area contributed by atoms with Crippen molar-refractivity contribution in [2.75, 3.05) is 11.4 Å². The minimum absolute atomic E-state index is 0.312. The van der Waals surface area contributed by atoms with Crippen molar-refractivity contribution >= 4 is 35.3 Å². The van der Waals surface area contributed by atoms with Gasteiger partial charge in [0.15, 0.2) is 0 Å². The predicted molar refractivity (Wildman–Crippen MR) is 91.5 cm³/mol. The van der Waals surface area contributed by atoms with Gasteiger partial charge in [0, 0.05) is 23.3 Å². The van der Waals surface area contributed by atoms with E-state index >= 15 is 0 Å². The topological polar surface area (TPSA) is 49.7 Å². The summed E-state index contributed by atoms with van der Waals surface area (Å²) < 4.78 is 0. The molecule has 0 fully saturated rings. The molecule has 0 saturated heterocycles. The summed E-state index contributed by atoms with van der Waals surface area (Å²) in [6, 6.07) is 13.9. The molecule has 2 aromatic rings. The Morgan fingerprint density at radius 1 is 1.17 bits per heavy atom. The number of hydrogen-bond acceptors (Lipinski definition) is 3. The first-order valence-corrected chi connectivity index (χ1v) is 7.74. The normalized spacial score (nSPS) is 17.7. The van der Waals surface area contributed by atoms with E-state index in [9.17, 15) is 9.59 Å². The van der Waals surface area contributed by atoms with E-state index in [4.69, 9.17) is 11.6 Å². The summed E-state index contributed by atoms with van der Waals surface area (Å²) in [5, 5.41) is 0.473. The molecule has 5 heteroatoms. The zero-order valence-corrected chi connectivity index (χ0v) is 13.3. The second-order valence-electron chi connectivity index (χ2n) is 5.17. The molecular weight excluding hydrogens is 312 g/mol. The fourth-order valence-corrected chi connectivity index (χ4v) is 2.85. The molecule has 116 valence electrons. The Labute approximate surface area is 139 Å². The van der Waals surface area contributed by atoms with Crippen molar-refractivity contribution in [1.82, 2.24) is 0 Å². The molecule has 0 spiro atoms. The van der Waals surface area contributed by atoms with Crippen LogP contribution < -0.4 is 4.90 Å². The molecule has 0 N–H and O–H groups in total. The Morgan fingerprint density at radius 3 is 2.70 bits per heavy atom. The minimum Gasteiger partial charge on any atom is -0.297 e. The Balaban J connectivity index is 2.14. The van der Waals surface area contributed by atoms with Crippen LogP contribution >= 0.6 is 11.6 Å². The molecule has 2 amide bonds. The number of carbonyl (C=O) groups is 2. The van der Waals surface area contributed by atoms with Crippen LogP contribution in [0.15, 0.2) is 53.5 Å². The Morgan fingerprint density at radius 2 is 1.96 bits per heavy atom. The van der Waals surface area contributed by atoms with Gasteiger partial charge in [0.25, 0.3) is 5.91 Å². The summed E-state index contributed by atoms with van der Waals surface area (Å²) in [7, 11) is 0. The van der Waals surface area contributed by atoms with Gasteiger partial charge in [-0.3, -0.25) is 14.6 Å².